The highest BCUT2D eigenvalue weighted by atomic mass is 79.9. The van der Waals surface area contributed by atoms with Gasteiger partial charge in [-0.05, 0) is 54.8 Å². The third-order valence-corrected chi connectivity index (χ3v) is 4.13. The molecule has 1 amide bonds. The van der Waals surface area contributed by atoms with Crippen molar-refractivity contribution >= 4 is 27.5 Å². The molecule has 0 saturated carbocycles. The summed E-state index contributed by atoms with van der Waals surface area (Å²) in [6.07, 6.45) is 2.13. The van der Waals surface area contributed by atoms with Crippen molar-refractivity contribution in [2.24, 2.45) is 5.92 Å². The summed E-state index contributed by atoms with van der Waals surface area (Å²) in [5.41, 5.74) is 1.22. The molecule has 2 aromatic carbocycles. The van der Waals surface area contributed by atoms with Gasteiger partial charge in [0.25, 0.3) is 5.91 Å². The van der Waals surface area contributed by atoms with E-state index >= 15 is 0 Å². The number of unbranched alkanes of at least 4 members (excludes halogenated alkanes) is 1. The lowest BCUT2D eigenvalue weighted by Gasteiger charge is -2.14. The van der Waals surface area contributed by atoms with E-state index in [0.717, 1.165) is 23.1 Å². The van der Waals surface area contributed by atoms with Crippen LogP contribution in [0.4, 0.5) is 5.69 Å². The SMILES string of the molecule is CCCCOc1ccc(NC(=O)c2cc(Br)ccc2OCC(C)C)cc1. The van der Waals surface area contributed by atoms with E-state index in [9.17, 15) is 4.79 Å². The van der Waals surface area contributed by atoms with Crippen LogP contribution in [-0.4, -0.2) is 19.1 Å². The third-order valence-electron chi connectivity index (χ3n) is 3.64. The van der Waals surface area contributed by atoms with Crippen LogP contribution in [0, 0.1) is 5.92 Å². The zero-order valence-electron chi connectivity index (χ0n) is 15.5. The minimum absolute atomic E-state index is 0.204. The zero-order valence-corrected chi connectivity index (χ0v) is 17.1. The number of hydrogen-bond acceptors (Lipinski definition) is 3. The van der Waals surface area contributed by atoms with Crippen molar-refractivity contribution in [2.75, 3.05) is 18.5 Å². The van der Waals surface area contributed by atoms with Crippen molar-refractivity contribution in [2.45, 2.75) is 33.6 Å². The maximum absolute atomic E-state index is 12.7. The maximum atomic E-state index is 12.7. The molecule has 0 fully saturated rings. The van der Waals surface area contributed by atoms with E-state index in [2.05, 4.69) is 42.0 Å². The first-order chi connectivity index (χ1) is 12.5. The Morgan fingerprint density at radius 2 is 1.85 bits per heavy atom. The van der Waals surface area contributed by atoms with Crippen LogP contribution in [0.1, 0.15) is 44.0 Å². The van der Waals surface area contributed by atoms with Crippen molar-refractivity contribution in [1.82, 2.24) is 0 Å². The first kappa shape index (κ1) is 20.3. The molecule has 0 radical (unpaired) electrons. The summed E-state index contributed by atoms with van der Waals surface area (Å²) in [6.45, 7) is 7.54. The average Bonchev–Trinajstić information content (AvgIpc) is 2.62. The number of halogens is 1. The summed E-state index contributed by atoms with van der Waals surface area (Å²) < 4.78 is 12.3. The molecular weight excluding hydrogens is 394 g/mol. The van der Waals surface area contributed by atoms with E-state index in [1.54, 1.807) is 6.07 Å². The number of benzene rings is 2. The van der Waals surface area contributed by atoms with E-state index in [1.165, 1.54) is 0 Å². The van der Waals surface area contributed by atoms with Crippen molar-refractivity contribution in [3.63, 3.8) is 0 Å². The fourth-order valence-corrected chi connectivity index (χ4v) is 2.59. The zero-order chi connectivity index (χ0) is 18.9. The van der Waals surface area contributed by atoms with Crippen LogP contribution in [0.25, 0.3) is 0 Å². The van der Waals surface area contributed by atoms with Gasteiger partial charge in [0.2, 0.25) is 0 Å². The van der Waals surface area contributed by atoms with E-state index < -0.39 is 0 Å². The lowest BCUT2D eigenvalue weighted by Crippen LogP contribution is -2.15. The Hall–Kier alpha value is -2.01. The summed E-state index contributed by atoms with van der Waals surface area (Å²) in [5.74, 6) is 1.57. The number of hydrogen-bond donors (Lipinski definition) is 1. The molecular formula is C21H26BrNO3. The minimum Gasteiger partial charge on any atom is -0.494 e. The number of nitrogens with one attached hydrogen (secondary N) is 1. The van der Waals surface area contributed by atoms with Gasteiger partial charge in [-0.25, -0.2) is 0 Å². The topological polar surface area (TPSA) is 47.6 Å². The third kappa shape index (κ3) is 6.37. The summed E-state index contributed by atoms with van der Waals surface area (Å²) >= 11 is 3.42. The van der Waals surface area contributed by atoms with E-state index in [-0.39, 0.29) is 5.91 Å². The monoisotopic (exact) mass is 419 g/mol. The van der Waals surface area contributed by atoms with Crippen LogP contribution in [0.5, 0.6) is 11.5 Å². The van der Waals surface area contributed by atoms with Gasteiger partial charge < -0.3 is 14.8 Å². The number of amides is 1. The first-order valence-corrected chi connectivity index (χ1v) is 9.75. The largest absolute Gasteiger partial charge is 0.494 e. The first-order valence-electron chi connectivity index (χ1n) is 8.96. The van der Waals surface area contributed by atoms with Crippen LogP contribution >= 0.6 is 15.9 Å². The van der Waals surface area contributed by atoms with Crippen LogP contribution < -0.4 is 14.8 Å². The van der Waals surface area contributed by atoms with E-state index in [1.807, 2.05) is 36.4 Å². The number of rotatable bonds is 9. The normalized spacial score (nSPS) is 10.7. The molecule has 0 aliphatic rings. The van der Waals surface area contributed by atoms with Crippen LogP contribution in [0.15, 0.2) is 46.9 Å². The minimum atomic E-state index is -0.204. The summed E-state index contributed by atoms with van der Waals surface area (Å²) in [6, 6.07) is 12.9. The Morgan fingerprint density at radius 3 is 2.50 bits per heavy atom. The molecule has 4 nitrogen and oxygen atoms in total. The molecule has 0 unspecified atom stereocenters. The second kappa shape index (κ2) is 10.2. The van der Waals surface area contributed by atoms with Crippen molar-refractivity contribution in [1.29, 1.82) is 0 Å². The number of anilines is 1. The highest BCUT2D eigenvalue weighted by Gasteiger charge is 2.14. The number of carbonyl (C=O) groups is 1. The van der Waals surface area contributed by atoms with Gasteiger partial charge in [0.1, 0.15) is 11.5 Å². The summed E-state index contributed by atoms with van der Waals surface area (Å²) in [7, 11) is 0. The Balaban J connectivity index is 2.05. The molecule has 2 aromatic rings. The standard InChI is InChI=1S/C21H26BrNO3/c1-4-5-12-25-18-9-7-17(8-10-18)23-21(24)19-13-16(22)6-11-20(19)26-14-15(2)3/h6-11,13,15H,4-5,12,14H2,1-3H3,(H,23,24). The van der Waals surface area contributed by atoms with Gasteiger partial charge in [0.15, 0.2) is 0 Å². The van der Waals surface area contributed by atoms with Gasteiger partial charge in [-0.3, -0.25) is 4.79 Å². The van der Waals surface area contributed by atoms with Gasteiger partial charge in [-0.2, -0.15) is 0 Å². The highest BCUT2D eigenvalue weighted by molar-refractivity contribution is 9.10. The quantitative estimate of drug-likeness (QED) is 0.513. The molecule has 26 heavy (non-hydrogen) atoms. The Bertz CT molecular complexity index is 714. The molecule has 5 heteroatoms. The highest BCUT2D eigenvalue weighted by Crippen LogP contribution is 2.25. The number of carbonyl (C=O) groups excluding carboxylic acids is 1. The Kier molecular flexibility index (Phi) is 7.98. The smallest absolute Gasteiger partial charge is 0.259 e. The average molecular weight is 420 g/mol. The van der Waals surface area contributed by atoms with Crippen LogP contribution in [-0.2, 0) is 0 Å². The van der Waals surface area contributed by atoms with Crippen molar-refractivity contribution in [3.8, 4) is 11.5 Å². The van der Waals surface area contributed by atoms with Gasteiger partial charge in [-0.1, -0.05) is 43.1 Å². The summed E-state index contributed by atoms with van der Waals surface area (Å²) in [5, 5.41) is 2.91. The molecule has 0 bridgehead atoms. The van der Waals surface area contributed by atoms with Crippen molar-refractivity contribution < 1.29 is 14.3 Å². The van der Waals surface area contributed by atoms with Gasteiger partial charge in [0.05, 0.1) is 18.8 Å². The predicted octanol–water partition coefficient (Wildman–Crippen LogP) is 5.92. The van der Waals surface area contributed by atoms with Crippen LogP contribution in [0.2, 0.25) is 0 Å². The van der Waals surface area contributed by atoms with Gasteiger partial charge >= 0.3 is 0 Å². The molecule has 0 aliphatic carbocycles. The van der Waals surface area contributed by atoms with Crippen molar-refractivity contribution in [3.05, 3.63) is 52.5 Å². The molecule has 140 valence electrons. The predicted molar refractivity (Wildman–Crippen MR) is 109 cm³/mol. The fourth-order valence-electron chi connectivity index (χ4n) is 2.23. The second-order valence-corrected chi connectivity index (χ2v) is 7.44. The van der Waals surface area contributed by atoms with E-state index in [4.69, 9.17) is 9.47 Å². The van der Waals surface area contributed by atoms with E-state index in [0.29, 0.717) is 36.1 Å². The lowest BCUT2D eigenvalue weighted by molar-refractivity contribution is 0.102. The molecule has 0 atom stereocenters. The molecule has 0 aromatic heterocycles. The van der Waals surface area contributed by atoms with Gasteiger partial charge in [0, 0.05) is 10.2 Å². The molecule has 0 spiro atoms. The summed E-state index contributed by atoms with van der Waals surface area (Å²) in [4.78, 5) is 12.7. The molecule has 0 heterocycles. The Labute approximate surface area is 164 Å². The maximum Gasteiger partial charge on any atom is 0.259 e. The number of ether oxygens (including phenoxy) is 2. The molecule has 0 aliphatic heterocycles. The fraction of sp³-hybridized carbons (Fsp3) is 0.381. The molecule has 1 N–H and O–H groups in total. The van der Waals surface area contributed by atoms with Crippen LogP contribution in [0.3, 0.4) is 0 Å². The van der Waals surface area contributed by atoms with Gasteiger partial charge in [-0.15, -0.1) is 0 Å². The molecule has 2 rings (SSSR count). The Morgan fingerprint density at radius 1 is 1.12 bits per heavy atom. The second-order valence-electron chi connectivity index (χ2n) is 6.53. The lowest BCUT2D eigenvalue weighted by atomic mass is 10.1. The molecule has 0 saturated heterocycles.